The van der Waals surface area contributed by atoms with E-state index in [-0.39, 0.29) is 0 Å². The van der Waals surface area contributed by atoms with Crippen LogP contribution in [0.5, 0.6) is 5.75 Å². The van der Waals surface area contributed by atoms with Crippen molar-refractivity contribution in [1.29, 1.82) is 0 Å². The van der Waals surface area contributed by atoms with E-state index >= 15 is 0 Å². The van der Waals surface area contributed by atoms with Gasteiger partial charge in [-0.05, 0) is 42.3 Å². The molecule has 0 saturated heterocycles. The topological polar surface area (TPSA) is 37.0 Å². The molecule has 0 radical (unpaired) electrons. The van der Waals surface area contributed by atoms with Crippen LogP contribution in [0.2, 0.25) is 0 Å². The highest BCUT2D eigenvalue weighted by molar-refractivity contribution is 5.86. The highest BCUT2D eigenvalue weighted by atomic mass is 16.5. The predicted octanol–water partition coefficient (Wildman–Crippen LogP) is 3.45. The largest absolute Gasteiger partial charge is 0.497 e. The maximum absolute atomic E-state index is 5.40. The average molecular weight is 292 g/mol. The van der Waals surface area contributed by atoms with E-state index in [2.05, 4.69) is 52.8 Å². The van der Waals surface area contributed by atoms with Gasteiger partial charge in [0.1, 0.15) is 5.75 Å². The maximum Gasteiger partial charge on any atom is 0.119 e. The highest BCUT2D eigenvalue weighted by Crippen LogP contribution is 2.34. The van der Waals surface area contributed by atoms with Crippen LogP contribution in [0.15, 0.2) is 48.5 Å². The van der Waals surface area contributed by atoms with Gasteiger partial charge in [0, 0.05) is 29.1 Å². The molecule has 112 valence electrons. The van der Waals surface area contributed by atoms with Crippen molar-refractivity contribution in [3.63, 3.8) is 0 Å². The molecule has 0 aliphatic carbocycles. The Morgan fingerprint density at radius 1 is 1.09 bits per heavy atom. The van der Waals surface area contributed by atoms with Crippen LogP contribution in [0, 0.1) is 0 Å². The normalized spacial score (nSPS) is 18.0. The zero-order valence-electron chi connectivity index (χ0n) is 12.7. The van der Waals surface area contributed by atoms with Crippen molar-refractivity contribution < 1.29 is 4.74 Å². The second kappa shape index (κ2) is 5.50. The fraction of sp³-hybridized carbons (Fsp3) is 0.263. The van der Waals surface area contributed by atoms with Crippen LogP contribution >= 0.6 is 0 Å². The van der Waals surface area contributed by atoms with E-state index in [0.29, 0.717) is 5.92 Å². The number of hydrogen-bond donors (Lipinski definition) is 2. The van der Waals surface area contributed by atoms with E-state index < -0.39 is 0 Å². The summed E-state index contributed by atoms with van der Waals surface area (Å²) in [6, 6.07) is 17.0. The average Bonchev–Trinajstić information content (AvgIpc) is 2.79. The number of rotatable bonds is 2. The predicted molar refractivity (Wildman–Crippen MR) is 89.7 cm³/mol. The standard InChI is InChI=1S/C19H20N2O/c1-22-14-7-8-18-16(11-14)15-9-10-20-12-17(19(15)21-18)13-5-3-2-4-6-13/h2-8,11,17,20-21H,9-10,12H2,1H3/t17-/m0/s1. The van der Waals surface area contributed by atoms with Gasteiger partial charge in [0.2, 0.25) is 0 Å². The van der Waals surface area contributed by atoms with Gasteiger partial charge in [0.05, 0.1) is 7.11 Å². The molecule has 3 aromatic rings. The van der Waals surface area contributed by atoms with E-state index in [1.807, 2.05) is 6.07 Å². The molecule has 0 bridgehead atoms. The summed E-state index contributed by atoms with van der Waals surface area (Å²) in [4.78, 5) is 3.66. The van der Waals surface area contributed by atoms with Crippen molar-refractivity contribution in [2.45, 2.75) is 12.3 Å². The van der Waals surface area contributed by atoms with Crippen molar-refractivity contribution in [1.82, 2.24) is 10.3 Å². The second-order valence-corrected chi connectivity index (χ2v) is 5.85. The Labute approximate surface area is 130 Å². The Bertz CT molecular complexity index is 792. The molecule has 1 atom stereocenters. The lowest BCUT2D eigenvalue weighted by molar-refractivity contribution is 0.415. The minimum atomic E-state index is 0.372. The van der Waals surface area contributed by atoms with Gasteiger partial charge in [0.15, 0.2) is 0 Å². The third-order valence-corrected chi connectivity index (χ3v) is 4.60. The number of nitrogens with one attached hydrogen (secondary N) is 2. The molecule has 0 unspecified atom stereocenters. The minimum absolute atomic E-state index is 0.372. The quantitative estimate of drug-likeness (QED) is 0.759. The van der Waals surface area contributed by atoms with E-state index in [1.165, 1.54) is 27.7 Å². The van der Waals surface area contributed by atoms with Crippen LogP contribution in [-0.4, -0.2) is 25.2 Å². The molecule has 0 saturated carbocycles. The first-order chi connectivity index (χ1) is 10.9. The van der Waals surface area contributed by atoms with Gasteiger partial charge in [-0.1, -0.05) is 30.3 Å². The van der Waals surface area contributed by atoms with Crippen molar-refractivity contribution in [2.24, 2.45) is 0 Å². The molecule has 0 fully saturated rings. The number of hydrogen-bond acceptors (Lipinski definition) is 2. The van der Waals surface area contributed by atoms with Gasteiger partial charge in [-0.25, -0.2) is 0 Å². The minimum Gasteiger partial charge on any atom is -0.497 e. The van der Waals surface area contributed by atoms with Crippen LogP contribution in [0.3, 0.4) is 0 Å². The Morgan fingerprint density at radius 3 is 2.77 bits per heavy atom. The summed E-state index contributed by atoms with van der Waals surface area (Å²) in [5.74, 6) is 1.29. The number of methoxy groups -OCH3 is 1. The number of benzene rings is 2. The molecule has 0 spiro atoms. The van der Waals surface area contributed by atoms with Crippen LogP contribution < -0.4 is 10.1 Å². The zero-order chi connectivity index (χ0) is 14.9. The van der Waals surface area contributed by atoms with Crippen molar-refractivity contribution in [3.05, 3.63) is 65.4 Å². The number of aromatic amines is 1. The number of aromatic nitrogens is 1. The second-order valence-electron chi connectivity index (χ2n) is 5.85. The molecule has 3 heteroatoms. The SMILES string of the molecule is COc1ccc2[nH]c3c(c2c1)CCNC[C@H]3c1ccccc1. The molecule has 1 aromatic heterocycles. The van der Waals surface area contributed by atoms with E-state index in [1.54, 1.807) is 7.11 Å². The molecule has 2 aromatic carbocycles. The lowest BCUT2D eigenvalue weighted by Gasteiger charge is -2.15. The Hall–Kier alpha value is -2.26. The van der Waals surface area contributed by atoms with Crippen LogP contribution in [0.4, 0.5) is 0 Å². The summed E-state index contributed by atoms with van der Waals surface area (Å²) in [6.45, 7) is 1.99. The summed E-state index contributed by atoms with van der Waals surface area (Å²) in [6.07, 6.45) is 1.05. The molecular formula is C19H20N2O. The Morgan fingerprint density at radius 2 is 1.95 bits per heavy atom. The lowest BCUT2D eigenvalue weighted by atomic mass is 9.93. The Kier molecular flexibility index (Phi) is 3.35. The first-order valence-corrected chi connectivity index (χ1v) is 7.81. The molecule has 2 N–H and O–H groups in total. The molecule has 2 heterocycles. The van der Waals surface area contributed by atoms with Crippen molar-refractivity contribution in [3.8, 4) is 5.75 Å². The maximum atomic E-state index is 5.40. The first kappa shape index (κ1) is 13.4. The molecule has 3 nitrogen and oxygen atoms in total. The molecule has 1 aliphatic heterocycles. The van der Waals surface area contributed by atoms with Crippen LogP contribution in [-0.2, 0) is 6.42 Å². The molecule has 4 rings (SSSR count). The van der Waals surface area contributed by atoms with E-state index in [0.717, 1.165) is 25.3 Å². The van der Waals surface area contributed by atoms with Gasteiger partial charge in [0.25, 0.3) is 0 Å². The molecular weight excluding hydrogens is 272 g/mol. The monoisotopic (exact) mass is 292 g/mol. The summed E-state index contributed by atoms with van der Waals surface area (Å²) in [5.41, 5.74) is 5.33. The summed E-state index contributed by atoms with van der Waals surface area (Å²) >= 11 is 0. The van der Waals surface area contributed by atoms with E-state index in [9.17, 15) is 0 Å². The smallest absolute Gasteiger partial charge is 0.119 e. The lowest BCUT2D eigenvalue weighted by Crippen LogP contribution is -2.21. The van der Waals surface area contributed by atoms with E-state index in [4.69, 9.17) is 4.74 Å². The number of fused-ring (bicyclic) bond motifs is 3. The van der Waals surface area contributed by atoms with Crippen LogP contribution in [0.25, 0.3) is 10.9 Å². The van der Waals surface area contributed by atoms with Crippen molar-refractivity contribution >= 4 is 10.9 Å². The van der Waals surface area contributed by atoms with Gasteiger partial charge >= 0.3 is 0 Å². The van der Waals surface area contributed by atoms with Gasteiger partial charge < -0.3 is 15.0 Å². The summed E-state index contributed by atoms with van der Waals surface area (Å²) < 4.78 is 5.40. The fourth-order valence-electron chi connectivity index (χ4n) is 3.47. The number of ether oxygens (including phenoxy) is 1. The third-order valence-electron chi connectivity index (χ3n) is 4.60. The molecule has 1 aliphatic rings. The van der Waals surface area contributed by atoms with Gasteiger partial charge in [-0.15, -0.1) is 0 Å². The highest BCUT2D eigenvalue weighted by Gasteiger charge is 2.24. The van der Waals surface area contributed by atoms with Gasteiger partial charge in [-0.3, -0.25) is 0 Å². The Balaban J connectivity index is 1.89. The molecule has 0 amide bonds. The fourth-order valence-corrected chi connectivity index (χ4v) is 3.47. The molecule has 22 heavy (non-hydrogen) atoms. The third kappa shape index (κ3) is 2.18. The summed E-state index contributed by atoms with van der Waals surface area (Å²) in [5, 5.41) is 4.86. The first-order valence-electron chi connectivity index (χ1n) is 7.81. The van der Waals surface area contributed by atoms with Crippen molar-refractivity contribution in [2.75, 3.05) is 20.2 Å². The summed E-state index contributed by atoms with van der Waals surface area (Å²) in [7, 11) is 1.72. The van der Waals surface area contributed by atoms with Crippen LogP contribution in [0.1, 0.15) is 22.7 Å². The number of H-pyrrole nitrogens is 1. The zero-order valence-corrected chi connectivity index (χ0v) is 12.7. The van der Waals surface area contributed by atoms with Gasteiger partial charge in [-0.2, -0.15) is 0 Å².